The maximum Gasteiger partial charge on any atom is 0.328 e. The molecule has 1 aliphatic rings. The van der Waals surface area contributed by atoms with Gasteiger partial charge in [0.15, 0.2) is 0 Å². The van der Waals surface area contributed by atoms with E-state index in [1.54, 1.807) is 6.20 Å². The average Bonchev–Trinajstić information content (AvgIpc) is 2.87. The third-order valence-corrected chi connectivity index (χ3v) is 7.14. The zero-order valence-electron chi connectivity index (χ0n) is 22.0. The van der Waals surface area contributed by atoms with Crippen LogP contribution < -0.4 is 0 Å². The molecule has 4 aromatic rings. The van der Waals surface area contributed by atoms with E-state index in [2.05, 4.69) is 11.1 Å². The number of halogens is 3. The molecule has 0 aliphatic carbocycles. The highest BCUT2D eigenvalue weighted by Crippen LogP contribution is 2.42. The Balaban J connectivity index is 1.63. The number of aromatic nitrogens is 1. The van der Waals surface area contributed by atoms with Crippen molar-refractivity contribution in [2.75, 3.05) is 6.54 Å². The number of benzene rings is 3. The number of carboxylic acid groups (broad SMARTS) is 1. The normalized spacial score (nSPS) is 18.0. The Morgan fingerprint density at radius 2 is 1.77 bits per heavy atom. The molecular formula is C32H29F3N2O2. The zero-order chi connectivity index (χ0) is 27.9. The number of nitrogens with zero attached hydrogens (tertiary/aromatic N) is 2. The summed E-state index contributed by atoms with van der Waals surface area (Å²) in [6.07, 6.45) is 4.31. The fourth-order valence-electron chi connectivity index (χ4n) is 5.48. The first-order chi connectivity index (χ1) is 18.5. The second kappa shape index (κ2) is 10.3. The Kier molecular flexibility index (Phi) is 7.03. The first kappa shape index (κ1) is 26.6. The van der Waals surface area contributed by atoms with E-state index < -0.39 is 29.3 Å². The van der Waals surface area contributed by atoms with Crippen molar-refractivity contribution >= 4 is 22.9 Å². The molecule has 0 fully saturated rings. The molecule has 3 aromatic carbocycles. The summed E-state index contributed by atoms with van der Waals surface area (Å²) >= 11 is 0. The van der Waals surface area contributed by atoms with Gasteiger partial charge in [-0.05, 0) is 91.4 Å². The molecule has 0 saturated heterocycles. The summed E-state index contributed by atoms with van der Waals surface area (Å²) in [5, 5.41) is 9.90. The van der Waals surface area contributed by atoms with Crippen molar-refractivity contribution < 1.29 is 23.1 Å². The Morgan fingerprint density at radius 1 is 1.08 bits per heavy atom. The van der Waals surface area contributed by atoms with Crippen LogP contribution in [-0.2, 0) is 11.2 Å². The molecule has 0 bridgehead atoms. The number of carboxylic acids is 1. The van der Waals surface area contributed by atoms with Gasteiger partial charge in [0.05, 0.1) is 11.6 Å². The zero-order valence-corrected chi connectivity index (χ0v) is 22.0. The summed E-state index contributed by atoms with van der Waals surface area (Å²) in [5.41, 5.74) is 2.85. The predicted octanol–water partition coefficient (Wildman–Crippen LogP) is 7.36. The van der Waals surface area contributed by atoms with E-state index in [0.29, 0.717) is 6.42 Å². The van der Waals surface area contributed by atoms with Gasteiger partial charge in [-0.3, -0.25) is 9.88 Å². The molecule has 2 heterocycles. The quantitative estimate of drug-likeness (QED) is 0.265. The highest BCUT2D eigenvalue weighted by atomic mass is 19.1. The van der Waals surface area contributed by atoms with E-state index >= 15 is 8.78 Å². The average molecular weight is 531 g/mol. The minimum absolute atomic E-state index is 0.0166. The van der Waals surface area contributed by atoms with Crippen molar-refractivity contribution in [3.63, 3.8) is 0 Å². The summed E-state index contributed by atoms with van der Waals surface area (Å²) in [5.74, 6) is -2.83. The largest absolute Gasteiger partial charge is 0.478 e. The van der Waals surface area contributed by atoms with Gasteiger partial charge in [-0.1, -0.05) is 30.3 Å². The van der Waals surface area contributed by atoms with E-state index in [-0.39, 0.29) is 23.7 Å². The van der Waals surface area contributed by atoms with Crippen LogP contribution in [0.25, 0.3) is 28.1 Å². The summed E-state index contributed by atoms with van der Waals surface area (Å²) in [6, 6.07) is 17.0. The second-order valence-electron chi connectivity index (χ2n) is 10.7. The van der Waals surface area contributed by atoms with Gasteiger partial charge in [0.2, 0.25) is 0 Å². The second-order valence-corrected chi connectivity index (χ2v) is 10.7. The highest BCUT2D eigenvalue weighted by Gasteiger charge is 2.39. The monoisotopic (exact) mass is 530 g/mol. The minimum Gasteiger partial charge on any atom is -0.478 e. The van der Waals surface area contributed by atoms with Crippen LogP contribution in [0.1, 0.15) is 49.1 Å². The van der Waals surface area contributed by atoms with Crippen LogP contribution in [0.4, 0.5) is 13.2 Å². The van der Waals surface area contributed by atoms with E-state index in [0.717, 1.165) is 57.4 Å². The van der Waals surface area contributed by atoms with Gasteiger partial charge >= 0.3 is 5.97 Å². The number of rotatable bonds is 6. The lowest BCUT2D eigenvalue weighted by Crippen LogP contribution is -2.48. The fourth-order valence-corrected chi connectivity index (χ4v) is 5.48. The molecule has 0 saturated carbocycles. The molecule has 0 amide bonds. The van der Waals surface area contributed by atoms with Crippen molar-refractivity contribution in [1.29, 1.82) is 0 Å². The van der Waals surface area contributed by atoms with Crippen molar-refractivity contribution in [3.8, 4) is 11.1 Å². The Hall–Kier alpha value is -3.97. The number of hydrogen-bond acceptors (Lipinski definition) is 3. The molecule has 4 nitrogen and oxygen atoms in total. The van der Waals surface area contributed by atoms with Crippen LogP contribution in [0, 0.1) is 11.6 Å². The van der Waals surface area contributed by atoms with Crippen molar-refractivity contribution in [3.05, 3.63) is 107 Å². The molecule has 39 heavy (non-hydrogen) atoms. The predicted molar refractivity (Wildman–Crippen MR) is 147 cm³/mol. The number of alkyl halides is 1. The van der Waals surface area contributed by atoms with Gasteiger partial charge in [-0.2, -0.15) is 0 Å². The third kappa shape index (κ3) is 5.59. The Bertz CT molecular complexity index is 1570. The van der Waals surface area contributed by atoms with E-state index in [1.165, 1.54) is 13.8 Å². The number of pyridine rings is 1. The summed E-state index contributed by atoms with van der Waals surface area (Å²) < 4.78 is 46.2. The van der Waals surface area contributed by atoms with Crippen LogP contribution >= 0.6 is 0 Å². The number of carbonyl (C=O) groups is 1. The first-order valence-electron chi connectivity index (χ1n) is 12.8. The minimum atomic E-state index is -1.60. The molecule has 2 atom stereocenters. The molecule has 0 radical (unpaired) electrons. The topological polar surface area (TPSA) is 53.4 Å². The van der Waals surface area contributed by atoms with E-state index in [4.69, 9.17) is 5.11 Å². The Morgan fingerprint density at radius 3 is 2.46 bits per heavy atom. The lowest BCUT2D eigenvalue weighted by Gasteiger charge is -2.44. The van der Waals surface area contributed by atoms with Crippen molar-refractivity contribution in [1.82, 2.24) is 9.88 Å². The van der Waals surface area contributed by atoms with E-state index in [9.17, 15) is 9.18 Å². The highest BCUT2D eigenvalue weighted by molar-refractivity contribution is 5.85. The molecular weight excluding hydrogens is 501 g/mol. The van der Waals surface area contributed by atoms with Gasteiger partial charge in [-0.15, -0.1) is 0 Å². The maximum absolute atomic E-state index is 15.6. The lowest BCUT2D eigenvalue weighted by atomic mass is 9.82. The van der Waals surface area contributed by atoms with Crippen molar-refractivity contribution in [2.24, 2.45) is 0 Å². The summed E-state index contributed by atoms with van der Waals surface area (Å²) in [4.78, 5) is 17.1. The molecule has 1 unspecified atom stereocenters. The van der Waals surface area contributed by atoms with Gasteiger partial charge in [0, 0.05) is 35.8 Å². The summed E-state index contributed by atoms with van der Waals surface area (Å²) in [7, 11) is 0. The van der Waals surface area contributed by atoms with Crippen molar-refractivity contribution in [2.45, 2.75) is 44.9 Å². The number of fused-ring (bicyclic) bond motifs is 2. The smallest absolute Gasteiger partial charge is 0.328 e. The van der Waals surface area contributed by atoms with Gasteiger partial charge < -0.3 is 5.11 Å². The van der Waals surface area contributed by atoms with Crippen LogP contribution in [0.2, 0.25) is 0 Å². The molecule has 1 aliphatic heterocycles. The Labute approximate surface area is 225 Å². The fraction of sp³-hybridized carbons (Fsp3) is 0.250. The molecule has 200 valence electrons. The lowest BCUT2D eigenvalue weighted by molar-refractivity contribution is -0.131. The van der Waals surface area contributed by atoms with Gasteiger partial charge in [0.1, 0.15) is 17.3 Å². The molecule has 1 N–H and O–H groups in total. The SMILES string of the molecule is C[C@@H]1Cc2cc(-c3ccc4ncccc4c3)ccc2C(c2c(F)cc(/C=C/C(=O)O)cc2F)N1CC(C)(C)F. The number of aliphatic carboxylic acids is 1. The third-order valence-electron chi connectivity index (χ3n) is 7.14. The molecule has 7 heteroatoms. The standard InChI is InChI=1S/C32H29F3N2O2/c1-19-13-24-17-21(22-8-10-28-23(16-22)5-4-12-36-28)7-9-25(24)31(37(19)18-32(2,3)35)30-26(33)14-20(15-27(30)34)6-11-29(38)39/h4-12,14-17,19,31H,13,18H2,1-3H3,(H,38,39)/b11-6+/t19-,31?/m1/s1. The van der Waals surface area contributed by atoms with Crippen LogP contribution in [0.15, 0.2) is 72.9 Å². The molecule has 0 spiro atoms. The first-order valence-corrected chi connectivity index (χ1v) is 12.8. The van der Waals surface area contributed by atoms with E-state index in [1.807, 2.05) is 54.3 Å². The van der Waals surface area contributed by atoms with Crippen LogP contribution in [0.3, 0.4) is 0 Å². The number of hydrogen-bond donors (Lipinski definition) is 1. The van der Waals surface area contributed by atoms with Crippen LogP contribution in [0.5, 0.6) is 0 Å². The molecule has 1 aromatic heterocycles. The van der Waals surface area contributed by atoms with Crippen LogP contribution in [-0.4, -0.2) is 39.2 Å². The molecule has 5 rings (SSSR count). The van der Waals surface area contributed by atoms with Gasteiger partial charge in [0.25, 0.3) is 0 Å². The summed E-state index contributed by atoms with van der Waals surface area (Å²) in [6.45, 7) is 4.83. The van der Waals surface area contributed by atoms with Gasteiger partial charge in [-0.25, -0.2) is 18.0 Å². The maximum atomic E-state index is 15.6.